The number of esters is 1. The fourth-order valence-electron chi connectivity index (χ4n) is 1.55. The van der Waals surface area contributed by atoms with E-state index in [1.807, 2.05) is 33.2 Å². The summed E-state index contributed by atoms with van der Waals surface area (Å²) in [4.78, 5) is 29.7. The average Bonchev–Trinajstić information content (AvgIpc) is 2.27. The van der Waals surface area contributed by atoms with E-state index in [9.17, 15) is 4.79 Å². The Morgan fingerprint density at radius 3 is 2.28 bits per heavy atom. The predicted octanol–water partition coefficient (Wildman–Crippen LogP) is 1.26. The number of hydrogen-bond acceptors (Lipinski definition) is 5. The third kappa shape index (κ3) is 5.94. The molecule has 0 fully saturated rings. The van der Waals surface area contributed by atoms with Gasteiger partial charge in [-0.2, -0.15) is 9.59 Å². The molecule has 0 N–H and O–H groups in total. The second-order valence-corrected chi connectivity index (χ2v) is 4.02. The number of methoxy groups -OCH3 is 1. The topological polar surface area (TPSA) is 63.7 Å². The largest absolute Gasteiger partial charge is 0.465 e. The molecule has 0 unspecified atom stereocenters. The molecule has 0 saturated heterocycles. The van der Waals surface area contributed by atoms with Gasteiger partial charge in [-0.3, -0.25) is 0 Å². The van der Waals surface area contributed by atoms with Crippen LogP contribution in [0.25, 0.3) is 0 Å². The number of benzene rings is 1. The van der Waals surface area contributed by atoms with Gasteiger partial charge in [0.1, 0.15) is 0 Å². The van der Waals surface area contributed by atoms with Crippen LogP contribution in [0.15, 0.2) is 18.2 Å². The van der Waals surface area contributed by atoms with Gasteiger partial charge in [-0.25, -0.2) is 4.79 Å². The Balaban J connectivity index is 0.000000873. The minimum absolute atomic E-state index is 0.250. The standard InChI is InChI=1S/C12H17NO2.CO2/c1-9-5-10(8-13(2)3)7-11(6-9)12(14)15-4;2-1-3/h5-7H,8H2,1-4H3;. The highest BCUT2D eigenvalue weighted by Crippen LogP contribution is 2.12. The van der Waals surface area contributed by atoms with Crippen molar-refractivity contribution in [2.45, 2.75) is 13.5 Å². The summed E-state index contributed by atoms with van der Waals surface area (Å²) < 4.78 is 4.70. The second kappa shape index (κ2) is 8.17. The molecule has 0 spiro atoms. The number of rotatable bonds is 3. The summed E-state index contributed by atoms with van der Waals surface area (Å²) in [5, 5.41) is 0. The highest BCUT2D eigenvalue weighted by molar-refractivity contribution is 5.89. The highest BCUT2D eigenvalue weighted by Gasteiger charge is 2.07. The van der Waals surface area contributed by atoms with Crippen molar-refractivity contribution < 1.29 is 19.1 Å². The summed E-state index contributed by atoms with van der Waals surface area (Å²) in [6, 6.07) is 5.79. The number of carbonyl (C=O) groups excluding carboxylic acids is 3. The first-order valence-corrected chi connectivity index (χ1v) is 5.27. The molecular weight excluding hydrogens is 234 g/mol. The molecule has 0 aliphatic heterocycles. The van der Waals surface area contributed by atoms with Crippen LogP contribution in [0.4, 0.5) is 0 Å². The van der Waals surface area contributed by atoms with E-state index in [1.54, 1.807) is 0 Å². The van der Waals surface area contributed by atoms with Crippen molar-refractivity contribution in [3.63, 3.8) is 0 Å². The van der Waals surface area contributed by atoms with Gasteiger partial charge in [0.05, 0.1) is 12.7 Å². The van der Waals surface area contributed by atoms with Gasteiger partial charge in [0, 0.05) is 6.54 Å². The van der Waals surface area contributed by atoms with E-state index in [0.29, 0.717) is 5.56 Å². The number of nitrogens with zero attached hydrogens (tertiary/aromatic N) is 1. The molecule has 0 aliphatic rings. The van der Waals surface area contributed by atoms with Gasteiger partial charge in [0.2, 0.25) is 0 Å². The Kier molecular flexibility index (Phi) is 7.28. The lowest BCUT2D eigenvalue weighted by molar-refractivity contribution is -0.191. The molecule has 0 bridgehead atoms. The summed E-state index contributed by atoms with van der Waals surface area (Å²) in [5.41, 5.74) is 2.82. The van der Waals surface area contributed by atoms with Crippen molar-refractivity contribution in [2.24, 2.45) is 0 Å². The normalized spacial score (nSPS) is 9.17. The second-order valence-electron chi connectivity index (χ2n) is 4.02. The molecule has 98 valence electrons. The SMILES string of the molecule is COC(=O)c1cc(C)cc(CN(C)C)c1.O=C=O. The zero-order valence-electron chi connectivity index (χ0n) is 11.0. The molecule has 5 heteroatoms. The molecule has 1 aromatic carbocycles. The van der Waals surface area contributed by atoms with Crippen LogP contribution in [0, 0.1) is 6.92 Å². The summed E-state index contributed by atoms with van der Waals surface area (Å²) in [7, 11) is 5.40. The van der Waals surface area contributed by atoms with Crippen LogP contribution in [-0.2, 0) is 20.9 Å². The molecule has 18 heavy (non-hydrogen) atoms. The predicted molar refractivity (Wildman–Crippen MR) is 64.9 cm³/mol. The van der Waals surface area contributed by atoms with E-state index in [2.05, 4.69) is 11.0 Å². The first-order valence-electron chi connectivity index (χ1n) is 5.27. The van der Waals surface area contributed by atoms with Gasteiger partial charge in [-0.05, 0) is 44.3 Å². The average molecular weight is 251 g/mol. The van der Waals surface area contributed by atoms with Crippen LogP contribution in [0.5, 0.6) is 0 Å². The van der Waals surface area contributed by atoms with Crippen molar-refractivity contribution in [1.82, 2.24) is 4.90 Å². The molecule has 1 rings (SSSR count). The maximum Gasteiger partial charge on any atom is 0.373 e. The smallest absolute Gasteiger partial charge is 0.373 e. The lowest BCUT2D eigenvalue weighted by Gasteiger charge is -2.11. The van der Waals surface area contributed by atoms with Gasteiger partial charge in [0.15, 0.2) is 0 Å². The molecule has 0 aromatic heterocycles. The molecule has 5 nitrogen and oxygen atoms in total. The zero-order valence-corrected chi connectivity index (χ0v) is 11.0. The Bertz CT molecular complexity index is 435. The Morgan fingerprint density at radius 2 is 1.83 bits per heavy atom. The van der Waals surface area contributed by atoms with Crippen LogP contribution in [0.2, 0.25) is 0 Å². The summed E-state index contributed by atoms with van der Waals surface area (Å²) >= 11 is 0. The van der Waals surface area contributed by atoms with E-state index < -0.39 is 0 Å². The first-order chi connectivity index (χ1) is 8.44. The van der Waals surface area contributed by atoms with E-state index >= 15 is 0 Å². The van der Waals surface area contributed by atoms with Crippen LogP contribution >= 0.6 is 0 Å². The molecule has 1 aromatic rings. The first kappa shape index (κ1) is 16.0. The van der Waals surface area contributed by atoms with E-state index in [4.69, 9.17) is 14.3 Å². The maximum absolute atomic E-state index is 11.4. The van der Waals surface area contributed by atoms with Crippen LogP contribution in [-0.4, -0.2) is 38.2 Å². The molecule has 0 radical (unpaired) electrons. The zero-order chi connectivity index (χ0) is 14.1. The molecule has 0 heterocycles. The van der Waals surface area contributed by atoms with Crippen LogP contribution in [0.3, 0.4) is 0 Å². The quantitative estimate of drug-likeness (QED) is 0.757. The third-order valence-electron chi connectivity index (χ3n) is 2.06. The fourth-order valence-corrected chi connectivity index (χ4v) is 1.55. The third-order valence-corrected chi connectivity index (χ3v) is 2.06. The number of aryl methyl sites for hydroxylation is 1. The van der Waals surface area contributed by atoms with E-state index in [1.165, 1.54) is 7.11 Å². The number of ether oxygens (including phenoxy) is 1. The summed E-state index contributed by atoms with van der Waals surface area (Å²) in [6.07, 6.45) is 0.250. The lowest BCUT2D eigenvalue weighted by atomic mass is 10.1. The van der Waals surface area contributed by atoms with Crippen molar-refractivity contribution in [3.05, 3.63) is 34.9 Å². The Hall–Kier alpha value is -1.97. The summed E-state index contributed by atoms with van der Waals surface area (Å²) in [6.45, 7) is 2.80. The minimum Gasteiger partial charge on any atom is -0.465 e. The van der Waals surface area contributed by atoms with Crippen molar-refractivity contribution >= 4 is 12.1 Å². The molecular formula is C13H17NO4. The van der Waals surface area contributed by atoms with Crippen molar-refractivity contribution in [1.29, 1.82) is 0 Å². The Morgan fingerprint density at radius 1 is 1.28 bits per heavy atom. The molecule has 0 aliphatic carbocycles. The van der Waals surface area contributed by atoms with E-state index in [-0.39, 0.29) is 12.1 Å². The van der Waals surface area contributed by atoms with Gasteiger partial charge in [-0.1, -0.05) is 6.07 Å². The van der Waals surface area contributed by atoms with Gasteiger partial charge < -0.3 is 9.64 Å². The van der Waals surface area contributed by atoms with Crippen LogP contribution < -0.4 is 0 Å². The monoisotopic (exact) mass is 251 g/mol. The summed E-state index contributed by atoms with van der Waals surface area (Å²) in [5.74, 6) is -0.279. The van der Waals surface area contributed by atoms with Gasteiger partial charge in [0.25, 0.3) is 0 Å². The van der Waals surface area contributed by atoms with Crippen molar-refractivity contribution in [3.8, 4) is 0 Å². The fraction of sp³-hybridized carbons (Fsp3) is 0.385. The molecule has 0 atom stereocenters. The highest BCUT2D eigenvalue weighted by atomic mass is 16.5. The molecule has 0 amide bonds. The molecule has 0 saturated carbocycles. The number of carbonyl (C=O) groups is 1. The maximum atomic E-state index is 11.4. The van der Waals surface area contributed by atoms with E-state index in [0.717, 1.165) is 17.7 Å². The Labute approximate surface area is 106 Å². The minimum atomic E-state index is -0.279. The van der Waals surface area contributed by atoms with Gasteiger partial charge >= 0.3 is 12.1 Å². The van der Waals surface area contributed by atoms with Gasteiger partial charge in [-0.15, -0.1) is 0 Å². The van der Waals surface area contributed by atoms with Crippen molar-refractivity contribution in [2.75, 3.05) is 21.2 Å². The number of hydrogen-bond donors (Lipinski definition) is 0. The van der Waals surface area contributed by atoms with Crippen LogP contribution in [0.1, 0.15) is 21.5 Å². The lowest BCUT2D eigenvalue weighted by Crippen LogP contribution is -2.12.